The molecule has 0 unspecified atom stereocenters. The van der Waals surface area contributed by atoms with Gasteiger partial charge in [0.05, 0.1) is 18.8 Å². The van der Waals surface area contributed by atoms with E-state index < -0.39 is 0 Å². The van der Waals surface area contributed by atoms with E-state index in [1.54, 1.807) is 6.07 Å². The number of likely N-dealkylation sites (tertiary alicyclic amines) is 1. The largest absolute Gasteiger partial charge is 0.373 e. The van der Waals surface area contributed by atoms with Crippen molar-refractivity contribution >= 4 is 5.91 Å². The van der Waals surface area contributed by atoms with E-state index in [0.717, 1.165) is 13.1 Å². The van der Waals surface area contributed by atoms with Gasteiger partial charge in [0, 0.05) is 32.2 Å². The summed E-state index contributed by atoms with van der Waals surface area (Å²) in [4.78, 5) is 16.7. The summed E-state index contributed by atoms with van der Waals surface area (Å²) in [7, 11) is 0. The molecule has 1 aromatic heterocycles. The van der Waals surface area contributed by atoms with Crippen molar-refractivity contribution in [1.82, 2.24) is 15.0 Å². The molecule has 2 aromatic rings. The Balaban J connectivity index is 1.47. The molecule has 6 heteroatoms. The number of amides is 1. The molecule has 1 amide bonds. The Kier molecular flexibility index (Phi) is 3.85. The van der Waals surface area contributed by atoms with Gasteiger partial charge in [-0.2, -0.15) is 0 Å². The summed E-state index contributed by atoms with van der Waals surface area (Å²) in [6.07, 6.45) is 1.50. The highest BCUT2D eigenvalue weighted by atomic mass is 16.5. The van der Waals surface area contributed by atoms with E-state index in [-0.39, 0.29) is 18.1 Å². The number of ether oxygens (including phenoxy) is 1. The summed E-state index contributed by atoms with van der Waals surface area (Å²) in [6.45, 7) is 3.77. The molecule has 6 nitrogen and oxygen atoms in total. The molecule has 0 aliphatic carbocycles. The molecular formula is C17H19N3O3. The van der Waals surface area contributed by atoms with Crippen LogP contribution in [-0.4, -0.2) is 59.3 Å². The van der Waals surface area contributed by atoms with Gasteiger partial charge >= 0.3 is 0 Å². The van der Waals surface area contributed by atoms with E-state index in [1.807, 2.05) is 11.0 Å². The average molecular weight is 313 g/mol. The summed E-state index contributed by atoms with van der Waals surface area (Å²) < 4.78 is 10.7. The van der Waals surface area contributed by atoms with Gasteiger partial charge in [0.1, 0.15) is 6.26 Å². The molecule has 3 heterocycles. The lowest BCUT2D eigenvalue weighted by Gasteiger charge is -2.36. The Bertz CT molecular complexity index is 659. The van der Waals surface area contributed by atoms with Gasteiger partial charge in [-0.25, -0.2) is 0 Å². The number of nitrogens with zero attached hydrogens (tertiary/aromatic N) is 3. The van der Waals surface area contributed by atoms with E-state index in [0.29, 0.717) is 25.4 Å². The fourth-order valence-corrected chi connectivity index (χ4v) is 3.42. The van der Waals surface area contributed by atoms with Crippen molar-refractivity contribution in [1.29, 1.82) is 0 Å². The summed E-state index contributed by atoms with van der Waals surface area (Å²) in [6, 6.07) is 12.3. The van der Waals surface area contributed by atoms with Gasteiger partial charge in [-0.1, -0.05) is 35.5 Å². The fraction of sp³-hybridized carbons (Fsp3) is 0.412. The van der Waals surface area contributed by atoms with Crippen LogP contribution < -0.4 is 0 Å². The number of rotatable bonds is 3. The van der Waals surface area contributed by atoms with Crippen molar-refractivity contribution in [2.24, 2.45) is 0 Å². The van der Waals surface area contributed by atoms with Crippen LogP contribution in [0.5, 0.6) is 0 Å². The van der Waals surface area contributed by atoms with Crippen LogP contribution in [0.25, 0.3) is 0 Å². The van der Waals surface area contributed by atoms with Gasteiger partial charge in [0.25, 0.3) is 5.91 Å². The van der Waals surface area contributed by atoms with Crippen molar-refractivity contribution in [3.63, 3.8) is 0 Å². The first-order valence-corrected chi connectivity index (χ1v) is 7.90. The number of hydrogen-bond donors (Lipinski definition) is 0. The maximum atomic E-state index is 12.4. The Morgan fingerprint density at radius 3 is 2.87 bits per heavy atom. The Labute approximate surface area is 134 Å². The van der Waals surface area contributed by atoms with Crippen molar-refractivity contribution in [3.05, 3.63) is 53.9 Å². The van der Waals surface area contributed by atoms with Crippen LogP contribution in [0, 0.1) is 0 Å². The molecule has 120 valence electrons. The first-order valence-electron chi connectivity index (χ1n) is 7.90. The predicted molar refractivity (Wildman–Crippen MR) is 82.8 cm³/mol. The third-order valence-electron chi connectivity index (χ3n) is 4.59. The van der Waals surface area contributed by atoms with Gasteiger partial charge in [0.2, 0.25) is 0 Å². The number of aromatic nitrogens is 1. The van der Waals surface area contributed by atoms with E-state index in [2.05, 4.69) is 34.3 Å². The smallest absolute Gasteiger partial charge is 0.276 e. The second kappa shape index (κ2) is 6.14. The molecule has 0 N–H and O–H groups in total. The molecular weight excluding hydrogens is 294 g/mol. The fourth-order valence-electron chi connectivity index (χ4n) is 3.42. The number of hydrogen-bond acceptors (Lipinski definition) is 5. The van der Waals surface area contributed by atoms with Gasteiger partial charge < -0.3 is 14.2 Å². The second-order valence-corrected chi connectivity index (χ2v) is 6.03. The summed E-state index contributed by atoms with van der Waals surface area (Å²) in [5, 5.41) is 3.74. The van der Waals surface area contributed by atoms with E-state index in [4.69, 9.17) is 9.26 Å². The topological polar surface area (TPSA) is 58.8 Å². The van der Waals surface area contributed by atoms with Gasteiger partial charge in [-0.15, -0.1) is 0 Å². The summed E-state index contributed by atoms with van der Waals surface area (Å²) in [5.74, 6) is -0.0867. The van der Waals surface area contributed by atoms with Crippen molar-refractivity contribution in [2.45, 2.75) is 18.7 Å². The van der Waals surface area contributed by atoms with Crippen LogP contribution in [0.2, 0.25) is 0 Å². The lowest BCUT2D eigenvalue weighted by atomic mass is 10.1. The highest BCUT2D eigenvalue weighted by Gasteiger charge is 2.42. The second-order valence-electron chi connectivity index (χ2n) is 6.03. The van der Waals surface area contributed by atoms with Gasteiger partial charge in [-0.3, -0.25) is 9.69 Å². The quantitative estimate of drug-likeness (QED) is 0.857. The maximum absolute atomic E-state index is 12.4. The van der Waals surface area contributed by atoms with Gasteiger partial charge in [0.15, 0.2) is 5.69 Å². The van der Waals surface area contributed by atoms with Gasteiger partial charge in [-0.05, 0) is 5.56 Å². The summed E-state index contributed by atoms with van der Waals surface area (Å²) in [5.41, 5.74) is 1.65. The molecule has 4 rings (SSSR count). The van der Waals surface area contributed by atoms with Crippen LogP contribution >= 0.6 is 0 Å². The number of fused-ring (bicyclic) bond motifs is 1. The number of benzene rings is 1. The molecule has 0 saturated carbocycles. The molecule has 2 aliphatic heterocycles. The zero-order chi connectivity index (χ0) is 15.6. The molecule has 0 bridgehead atoms. The van der Waals surface area contributed by atoms with Crippen LogP contribution in [0.4, 0.5) is 0 Å². The normalized spacial score (nSPS) is 24.6. The SMILES string of the molecule is O=C(c1ccon1)N1C[C@H]2OCCN(Cc3ccccc3)[C@H]2C1. The molecule has 2 atom stereocenters. The zero-order valence-electron chi connectivity index (χ0n) is 12.8. The first-order chi connectivity index (χ1) is 11.3. The van der Waals surface area contributed by atoms with Crippen molar-refractivity contribution in [3.8, 4) is 0 Å². The van der Waals surface area contributed by atoms with Crippen LogP contribution in [-0.2, 0) is 11.3 Å². The lowest BCUT2D eigenvalue weighted by molar-refractivity contribution is -0.0503. The Hall–Kier alpha value is -2.18. The van der Waals surface area contributed by atoms with E-state index >= 15 is 0 Å². The summed E-state index contributed by atoms with van der Waals surface area (Å²) >= 11 is 0. The third-order valence-corrected chi connectivity index (χ3v) is 4.59. The molecule has 1 aromatic carbocycles. The monoisotopic (exact) mass is 313 g/mol. The maximum Gasteiger partial charge on any atom is 0.276 e. The number of carbonyl (C=O) groups is 1. The molecule has 23 heavy (non-hydrogen) atoms. The highest BCUT2D eigenvalue weighted by molar-refractivity contribution is 5.92. The standard InChI is InChI=1S/C17H19N3O3/c21-17(14-6-8-23-18-14)20-11-15-16(12-20)22-9-7-19(15)10-13-4-2-1-3-5-13/h1-6,8,15-16H,7,9-12H2/t15-,16+/m0/s1. The number of carbonyl (C=O) groups excluding carboxylic acids is 1. The van der Waals surface area contributed by atoms with Crippen LogP contribution in [0.15, 0.2) is 47.2 Å². The van der Waals surface area contributed by atoms with E-state index in [1.165, 1.54) is 11.8 Å². The van der Waals surface area contributed by atoms with Crippen LogP contribution in [0.1, 0.15) is 16.1 Å². The minimum absolute atomic E-state index is 0.0725. The Morgan fingerprint density at radius 2 is 2.09 bits per heavy atom. The highest BCUT2D eigenvalue weighted by Crippen LogP contribution is 2.25. The van der Waals surface area contributed by atoms with Crippen molar-refractivity contribution < 1.29 is 14.1 Å². The van der Waals surface area contributed by atoms with Crippen molar-refractivity contribution in [2.75, 3.05) is 26.2 Å². The molecule has 2 saturated heterocycles. The minimum Gasteiger partial charge on any atom is -0.373 e. The van der Waals surface area contributed by atoms with Crippen LogP contribution in [0.3, 0.4) is 0 Å². The third kappa shape index (κ3) is 2.87. The molecule has 2 aliphatic rings. The lowest BCUT2D eigenvalue weighted by Crippen LogP contribution is -2.50. The molecule has 0 radical (unpaired) electrons. The minimum atomic E-state index is -0.0867. The number of morpholine rings is 1. The Morgan fingerprint density at radius 1 is 1.22 bits per heavy atom. The molecule has 2 fully saturated rings. The van der Waals surface area contributed by atoms with E-state index in [9.17, 15) is 4.79 Å². The predicted octanol–water partition coefficient (Wildman–Crippen LogP) is 1.40. The average Bonchev–Trinajstić information content (AvgIpc) is 3.25. The zero-order valence-corrected chi connectivity index (χ0v) is 12.8. The first kappa shape index (κ1) is 14.4. The molecule has 0 spiro atoms.